The molecule has 2 heterocycles. The SMILES string of the molecule is Cc1csc([C@@H](C#N)C(=O)COC(=O)c2[nH]c(C)c(C(=O)OC(C)C)c2C)n1. The average Bonchev–Trinajstić information content (AvgIpc) is 3.15. The highest BCUT2D eigenvalue weighted by atomic mass is 32.1. The molecule has 0 saturated carbocycles. The van der Waals surface area contributed by atoms with Crippen LogP contribution in [0.25, 0.3) is 0 Å². The number of nitriles is 1. The maximum Gasteiger partial charge on any atom is 0.355 e. The molecular formula is C19H21N3O5S. The highest BCUT2D eigenvalue weighted by Crippen LogP contribution is 2.22. The monoisotopic (exact) mass is 403 g/mol. The largest absolute Gasteiger partial charge is 0.459 e. The van der Waals surface area contributed by atoms with Gasteiger partial charge in [0.15, 0.2) is 18.3 Å². The van der Waals surface area contributed by atoms with Crippen molar-refractivity contribution in [1.29, 1.82) is 5.26 Å². The number of aromatic nitrogens is 2. The number of hydrogen-bond acceptors (Lipinski definition) is 8. The molecule has 2 aromatic rings. The minimum atomic E-state index is -1.09. The Bertz CT molecular complexity index is 951. The standard InChI is InChI=1S/C19H21N3O5S/c1-9(2)27-18(24)15-11(4)16(22-12(15)5)19(25)26-7-14(23)13(6-20)17-21-10(3)8-28-17/h8-9,13,22H,7H2,1-5H3/t13-/m0/s1. The van der Waals surface area contributed by atoms with E-state index in [1.807, 2.05) is 6.07 Å². The van der Waals surface area contributed by atoms with Gasteiger partial charge in [0.05, 0.1) is 17.7 Å². The van der Waals surface area contributed by atoms with E-state index in [1.165, 1.54) is 11.3 Å². The molecule has 8 nitrogen and oxygen atoms in total. The van der Waals surface area contributed by atoms with E-state index in [4.69, 9.17) is 9.47 Å². The van der Waals surface area contributed by atoms with Gasteiger partial charge in [0.1, 0.15) is 10.7 Å². The van der Waals surface area contributed by atoms with Crippen molar-refractivity contribution < 1.29 is 23.9 Å². The van der Waals surface area contributed by atoms with Crippen molar-refractivity contribution in [3.63, 3.8) is 0 Å². The smallest absolute Gasteiger partial charge is 0.355 e. The van der Waals surface area contributed by atoms with Crippen LogP contribution < -0.4 is 0 Å². The molecule has 28 heavy (non-hydrogen) atoms. The summed E-state index contributed by atoms with van der Waals surface area (Å²) in [6, 6.07) is 1.89. The molecule has 2 rings (SSSR count). The third-order valence-electron chi connectivity index (χ3n) is 3.87. The highest BCUT2D eigenvalue weighted by molar-refractivity contribution is 7.09. The zero-order chi connectivity index (χ0) is 21.0. The van der Waals surface area contributed by atoms with Gasteiger partial charge in [0.2, 0.25) is 0 Å². The van der Waals surface area contributed by atoms with Gasteiger partial charge in [-0.3, -0.25) is 4.79 Å². The second-order valence-electron chi connectivity index (χ2n) is 6.51. The number of nitrogens with zero attached hydrogens (tertiary/aromatic N) is 2. The number of Topliss-reactive ketones (excluding diaryl/α,β-unsaturated/α-hetero) is 1. The molecule has 0 spiro atoms. The lowest BCUT2D eigenvalue weighted by Gasteiger charge is -2.08. The predicted molar refractivity (Wildman–Crippen MR) is 101 cm³/mol. The number of nitrogens with one attached hydrogen (secondary N) is 1. The van der Waals surface area contributed by atoms with Crippen LogP contribution in [0, 0.1) is 32.1 Å². The molecule has 0 aromatic carbocycles. The Morgan fingerprint density at radius 2 is 1.93 bits per heavy atom. The molecule has 0 unspecified atom stereocenters. The van der Waals surface area contributed by atoms with Crippen LogP contribution in [0.15, 0.2) is 5.38 Å². The number of thiazole rings is 1. The summed E-state index contributed by atoms with van der Waals surface area (Å²) in [5, 5.41) is 11.4. The molecular weight excluding hydrogens is 382 g/mol. The molecule has 1 N–H and O–H groups in total. The second kappa shape index (κ2) is 8.80. The van der Waals surface area contributed by atoms with Gasteiger partial charge < -0.3 is 14.5 Å². The molecule has 0 aliphatic carbocycles. The number of carbonyl (C=O) groups is 3. The fraction of sp³-hybridized carbons (Fsp3) is 0.421. The molecule has 1 atom stereocenters. The maximum absolute atomic E-state index is 12.4. The summed E-state index contributed by atoms with van der Waals surface area (Å²) in [4.78, 5) is 43.8. The zero-order valence-corrected chi connectivity index (χ0v) is 17.1. The van der Waals surface area contributed by atoms with E-state index in [1.54, 1.807) is 40.0 Å². The second-order valence-corrected chi connectivity index (χ2v) is 7.40. The molecule has 0 fully saturated rings. The van der Waals surface area contributed by atoms with Gasteiger partial charge >= 0.3 is 11.9 Å². The lowest BCUT2D eigenvalue weighted by Crippen LogP contribution is -2.20. The molecule has 0 bridgehead atoms. The Balaban J connectivity index is 2.10. The van der Waals surface area contributed by atoms with Crippen molar-refractivity contribution in [2.45, 2.75) is 46.6 Å². The summed E-state index contributed by atoms with van der Waals surface area (Å²) < 4.78 is 10.2. The van der Waals surface area contributed by atoms with Crippen molar-refractivity contribution in [2.75, 3.05) is 6.61 Å². The number of carbonyl (C=O) groups excluding carboxylic acids is 3. The molecule has 0 aliphatic heterocycles. The van der Waals surface area contributed by atoms with Crippen molar-refractivity contribution in [2.24, 2.45) is 0 Å². The summed E-state index contributed by atoms with van der Waals surface area (Å²) in [7, 11) is 0. The quantitative estimate of drug-likeness (QED) is 0.705. The van der Waals surface area contributed by atoms with Crippen molar-refractivity contribution >= 4 is 29.1 Å². The van der Waals surface area contributed by atoms with Crippen molar-refractivity contribution in [3.8, 4) is 6.07 Å². The van der Waals surface area contributed by atoms with E-state index < -0.39 is 30.2 Å². The fourth-order valence-electron chi connectivity index (χ4n) is 2.60. The van der Waals surface area contributed by atoms with Gasteiger partial charge in [0, 0.05) is 16.8 Å². The first-order valence-corrected chi connectivity index (χ1v) is 9.45. The number of ketones is 1. The summed E-state index contributed by atoms with van der Waals surface area (Å²) in [5.74, 6) is -2.98. The molecule has 0 radical (unpaired) electrons. The van der Waals surface area contributed by atoms with Crippen molar-refractivity contribution in [1.82, 2.24) is 9.97 Å². The van der Waals surface area contributed by atoms with Crippen LogP contribution in [0.2, 0.25) is 0 Å². The number of esters is 2. The Morgan fingerprint density at radius 3 is 2.46 bits per heavy atom. The number of ether oxygens (including phenoxy) is 2. The summed E-state index contributed by atoms with van der Waals surface area (Å²) in [6.45, 7) is 7.88. The van der Waals surface area contributed by atoms with E-state index in [2.05, 4.69) is 9.97 Å². The summed E-state index contributed by atoms with van der Waals surface area (Å²) in [6.07, 6.45) is -0.299. The first-order chi connectivity index (χ1) is 13.1. The molecule has 148 valence electrons. The van der Waals surface area contributed by atoms with Gasteiger partial charge in [-0.05, 0) is 40.2 Å². The van der Waals surface area contributed by atoms with Crippen LogP contribution in [0.3, 0.4) is 0 Å². The van der Waals surface area contributed by atoms with Gasteiger partial charge in [-0.2, -0.15) is 5.26 Å². The van der Waals surface area contributed by atoms with E-state index >= 15 is 0 Å². The number of rotatable bonds is 7. The van der Waals surface area contributed by atoms with E-state index in [9.17, 15) is 19.6 Å². The van der Waals surface area contributed by atoms with Crippen LogP contribution in [-0.2, 0) is 14.3 Å². The van der Waals surface area contributed by atoms with E-state index in [0.717, 1.165) is 0 Å². The van der Waals surface area contributed by atoms with Gasteiger partial charge in [-0.25, -0.2) is 14.6 Å². The normalized spacial score (nSPS) is 11.8. The zero-order valence-electron chi connectivity index (χ0n) is 16.3. The summed E-state index contributed by atoms with van der Waals surface area (Å²) >= 11 is 1.20. The van der Waals surface area contributed by atoms with Crippen LogP contribution in [0.4, 0.5) is 0 Å². The first kappa shape index (κ1) is 21.3. The third-order valence-corrected chi connectivity index (χ3v) is 4.90. The van der Waals surface area contributed by atoms with Crippen LogP contribution in [-0.4, -0.2) is 40.4 Å². The lowest BCUT2D eigenvalue weighted by atomic mass is 10.1. The van der Waals surface area contributed by atoms with Crippen LogP contribution in [0.1, 0.15) is 62.6 Å². The Kier molecular flexibility index (Phi) is 6.70. The Morgan fingerprint density at radius 1 is 1.25 bits per heavy atom. The third kappa shape index (κ3) is 4.64. The Labute approximate surface area is 166 Å². The number of hydrogen-bond donors (Lipinski definition) is 1. The maximum atomic E-state index is 12.4. The molecule has 0 aliphatic rings. The predicted octanol–water partition coefficient (Wildman–Crippen LogP) is 2.99. The molecule has 9 heteroatoms. The molecule has 0 amide bonds. The van der Waals surface area contributed by atoms with Gasteiger partial charge in [0.25, 0.3) is 0 Å². The number of aromatic amines is 1. The first-order valence-electron chi connectivity index (χ1n) is 8.57. The molecule has 2 aromatic heterocycles. The lowest BCUT2D eigenvalue weighted by molar-refractivity contribution is -0.122. The number of aryl methyl sites for hydroxylation is 2. The van der Waals surface area contributed by atoms with E-state index in [0.29, 0.717) is 22.0 Å². The average molecular weight is 403 g/mol. The topological polar surface area (TPSA) is 122 Å². The minimum absolute atomic E-state index is 0.0691. The van der Waals surface area contributed by atoms with Gasteiger partial charge in [-0.1, -0.05) is 0 Å². The Hall–Kier alpha value is -2.99. The van der Waals surface area contributed by atoms with Gasteiger partial charge in [-0.15, -0.1) is 11.3 Å². The van der Waals surface area contributed by atoms with Crippen LogP contribution >= 0.6 is 11.3 Å². The summed E-state index contributed by atoms with van der Waals surface area (Å²) in [5.41, 5.74) is 1.89. The minimum Gasteiger partial charge on any atom is -0.459 e. The number of H-pyrrole nitrogens is 1. The van der Waals surface area contributed by atoms with E-state index in [-0.39, 0.29) is 17.4 Å². The van der Waals surface area contributed by atoms with Crippen molar-refractivity contribution in [3.05, 3.63) is 38.6 Å². The highest BCUT2D eigenvalue weighted by Gasteiger charge is 2.27. The van der Waals surface area contributed by atoms with Crippen LogP contribution in [0.5, 0.6) is 0 Å². The molecule has 0 saturated heterocycles. The fourth-order valence-corrected chi connectivity index (χ4v) is 3.46.